The van der Waals surface area contributed by atoms with Crippen molar-refractivity contribution in [2.45, 2.75) is 44.5 Å². The quantitative estimate of drug-likeness (QED) is 0.447. The van der Waals surface area contributed by atoms with Crippen LogP contribution in [-0.2, 0) is 21.6 Å². The van der Waals surface area contributed by atoms with Crippen molar-refractivity contribution in [3.63, 3.8) is 0 Å². The second kappa shape index (κ2) is 10.5. The van der Waals surface area contributed by atoms with Gasteiger partial charge in [0.1, 0.15) is 23.4 Å². The summed E-state index contributed by atoms with van der Waals surface area (Å²) < 4.78 is 11.4. The molecule has 1 aliphatic rings. The molecule has 0 aliphatic carbocycles. The number of ether oxygens (including phenoxy) is 2. The van der Waals surface area contributed by atoms with Crippen molar-refractivity contribution in [3.8, 4) is 11.5 Å². The van der Waals surface area contributed by atoms with Gasteiger partial charge in [0, 0.05) is 5.56 Å². The summed E-state index contributed by atoms with van der Waals surface area (Å²) in [7, 11) is 1.60. The van der Waals surface area contributed by atoms with Gasteiger partial charge in [-0.1, -0.05) is 44.7 Å². The van der Waals surface area contributed by atoms with Crippen LogP contribution in [0.25, 0.3) is 0 Å². The van der Waals surface area contributed by atoms with Gasteiger partial charge in [0.15, 0.2) is 5.17 Å². The molecular formula is C24H27N3O5S. The first-order valence-electron chi connectivity index (χ1n) is 10.4. The Morgan fingerprint density at radius 2 is 1.94 bits per heavy atom. The summed E-state index contributed by atoms with van der Waals surface area (Å²) in [4.78, 5) is 22.6. The maximum Gasteiger partial charge on any atom is 0.305 e. The fraction of sp³-hybridized carbons (Fsp3) is 0.333. The van der Waals surface area contributed by atoms with E-state index in [1.807, 2.05) is 30.3 Å². The molecule has 1 unspecified atom stereocenters. The third-order valence-electron chi connectivity index (χ3n) is 4.91. The Morgan fingerprint density at radius 1 is 1.21 bits per heavy atom. The van der Waals surface area contributed by atoms with E-state index in [-0.39, 0.29) is 22.9 Å². The largest absolute Gasteiger partial charge is 0.496 e. The van der Waals surface area contributed by atoms with Crippen LogP contribution in [0.3, 0.4) is 0 Å². The lowest BCUT2D eigenvalue weighted by Crippen LogP contribution is -2.26. The van der Waals surface area contributed by atoms with Gasteiger partial charge in [-0.2, -0.15) is 5.10 Å². The number of carboxylic acid groups (broad SMARTS) is 1. The van der Waals surface area contributed by atoms with Crippen LogP contribution < -0.4 is 14.8 Å². The molecule has 0 bridgehead atoms. The van der Waals surface area contributed by atoms with E-state index in [1.165, 1.54) is 5.56 Å². The monoisotopic (exact) mass is 469 g/mol. The molecule has 9 heteroatoms. The minimum absolute atomic E-state index is 0.0791. The van der Waals surface area contributed by atoms with Gasteiger partial charge in [0.2, 0.25) is 5.91 Å². The first-order chi connectivity index (χ1) is 15.7. The number of thioether (sulfide) groups is 1. The Bertz CT molecular complexity index is 1070. The number of benzene rings is 2. The molecule has 33 heavy (non-hydrogen) atoms. The summed E-state index contributed by atoms with van der Waals surface area (Å²) in [5, 5.41) is 19.0. The average Bonchev–Trinajstić information content (AvgIpc) is 3.10. The van der Waals surface area contributed by atoms with Crippen LogP contribution in [0.5, 0.6) is 11.5 Å². The van der Waals surface area contributed by atoms with E-state index >= 15 is 0 Å². The van der Waals surface area contributed by atoms with Crippen molar-refractivity contribution in [1.82, 2.24) is 5.32 Å². The maximum absolute atomic E-state index is 11.8. The molecule has 0 saturated carbocycles. The predicted octanol–water partition coefficient (Wildman–Crippen LogP) is 3.97. The van der Waals surface area contributed by atoms with Gasteiger partial charge in [0.05, 0.1) is 19.7 Å². The zero-order valence-electron chi connectivity index (χ0n) is 19.0. The summed E-state index contributed by atoms with van der Waals surface area (Å²) in [6.07, 6.45) is 1.28. The number of hydrogen-bond donors (Lipinski definition) is 2. The van der Waals surface area contributed by atoms with Crippen molar-refractivity contribution in [2.24, 2.45) is 10.2 Å². The van der Waals surface area contributed by atoms with Gasteiger partial charge in [-0.3, -0.25) is 9.59 Å². The number of nitrogens with one attached hydrogen (secondary N) is 1. The maximum atomic E-state index is 11.8. The van der Waals surface area contributed by atoms with Crippen molar-refractivity contribution in [3.05, 3.63) is 59.2 Å². The number of nitrogens with zero attached hydrogens (tertiary/aromatic N) is 2. The molecule has 3 rings (SSSR count). The van der Waals surface area contributed by atoms with Gasteiger partial charge < -0.3 is 19.9 Å². The Morgan fingerprint density at radius 3 is 2.58 bits per heavy atom. The van der Waals surface area contributed by atoms with Crippen molar-refractivity contribution >= 4 is 35.0 Å². The van der Waals surface area contributed by atoms with Crippen LogP contribution in [0, 0.1) is 0 Å². The predicted molar refractivity (Wildman–Crippen MR) is 129 cm³/mol. The van der Waals surface area contributed by atoms with E-state index in [2.05, 4.69) is 48.4 Å². The molecular weight excluding hydrogens is 442 g/mol. The highest BCUT2D eigenvalue weighted by Crippen LogP contribution is 2.26. The van der Waals surface area contributed by atoms with Crippen LogP contribution in [0.2, 0.25) is 0 Å². The Balaban J connectivity index is 1.66. The summed E-state index contributed by atoms with van der Waals surface area (Å²) in [6.45, 7) is 6.81. The molecule has 0 aromatic heterocycles. The topological polar surface area (TPSA) is 110 Å². The highest BCUT2D eigenvalue weighted by molar-refractivity contribution is 8.15. The van der Waals surface area contributed by atoms with E-state index in [9.17, 15) is 9.59 Å². The molecule has 2 aromatic carbocycles. The molecule has 1 saturated heterocycles. The number of carbonyl (C=O) groups is 2. The number of amidine groups is 1. The summed E-state index contributed by atoms with van der Waals surface area (Å²) in [5.74, 6) is 0.0432. The number of aliphatic carboxylic acids is 1. The minimum Gasteiger partial charge on any atom is -0.496 e. The number of carbonyl (C=O) groups excluding carboxylic acids is 1. The van der Waals surface area contributed by atoms with Crippen molar-refractivity contribution in [1.29, 1.82) is 0 Å². The number of carboxylic acids is 1. The van der Waals surface area contributed by atoms with Crippen LogP contribution >= 0.6 is 11.8 Å². The van der Waals surface area contributed by atoms with Gasteiger partial charge >= 0.3 is 5.97 Å². The molecule has 1 amide bonds. The molecule has 1 aliphatic heterocycles. The zero-order valence-corrected chi connectivity index (χ0v) is 19.8. The first kappa shape index (κ1) is 24.3. The number of methoxy groups -OCH3 is 1. The van der Waals surface area contributed by atoms with E-state index in [0.717, 1.165) is 28.6 Å². The van der Waals surface area contributed by atoms with E-state index in [4.69, 9.17) is 14.6 Å². The summed E-state index contributed by atoms with van der Waals surface area (Å²) >= 11 is 1.05. The molecule has 2 aromatic rings. The average molecular weight is 470 g/mol. The van der Waals surface area contributed by atoms with Crippen LogP contribution in [0.4, 0.5) is 0 Å². The third kappa shape index (κ3) is 6.82. The molecule has 0 radical (unpaired) electrons. The van der Waals surface area contributed by atoms with Gasteiger partial charge in [0.25, 0.3) is 0 Å². The summed E-state index contributed by atoms with van der Waals surface area (Å²) in [6, 6.07) is 13.6. The van der Waals surface area contributed by atoms with Gasteiger partial charge in [-0.15, -0.1) is 5.10 Å². The van der Waals surface area contributed by atoms with Crippen molar-refractivity contribution < 1.29 is 24.2 Å². The minimum atomic E-state index is -1.04. The van der Waals surface area contributed by atoms with Gasteiger partial charge in [-0.05, 0) is 46.9 Å². The number of hydrogen-bond acceptors (Lipinski definition) is 7. The smallest absolute Gasteiger partial charge is 0.305 e. The zero-order chi connectivity index (χ0) is 24.0. The van der Waals surface area contributed by atoms with Crippen molar-refractivity contribution in [2.75, 3.05) is 7.11 Å². The van der Waals surface area contributed by atoms with E-state index < -0.39 is 11.2 Å². The fourth-order valence-corrected chi connectivity index (χ4v) is 4.01. The van der Waals surface area contributed by atoms with Crippen LogP contribution in [0.15, 0.2) is 52.7 Å². The Labute approximate surface area is 197 Å². The lowest BCUT2D eigenvalue weighted by atomic mass is 9.87. The molecule has 1 heterocycles. The standard InChI is InChI=1S/C24H27N3O5S/c1-24(2,3)17-6-8-18(9-7-17)32-14-16-11-15(5-10-19(16)31-4)13-25-27-23-26-22(30)20(33-23)12-21(28)29/h5-11,13,20H,12,14H2,1-4H3,(H,28,29)(H,26,27,30). The molecule has 8 nitrogen and oxygen atoms in total. The second-order valence-electron chi connectivity index (χ2n) is 8.48. The van der Waals surface area contributed by atoms with E-state index in [1.54, 1.807) is 13.3 Å². The van der Waals surface area contributed by atoms with E-state index in [0.29, 0.717) is 12.4 Å². The molecule has 0 spiro atoms. The number of amides is 1. The summed E-state index contributed by atoms with van der Waals surface area (Å²) in [5.41, 5.74) is 2.94. The fourth-order valence-electron chi connectivity index (χ4n) is 3.10. The number of rotatable bonds is 8. The second-order valence-corrected chi connectivity index (χ2v) is 9.67. The van der Waals surface area contributed by atoms with Gasteiger partial charge in [-0.25, -0.2) is 0 Å². The Hall–Kier alpha value is -3.33. The molecule has 1 atom stereocenters. The SMILES string of the molecule is COc1ccc(C=NN=C2NC(=O)C(CC(=O)O)S2)cc1COc1ccc(C(C)(C)C)cc1. The molecule has 174 valence electrons. The van der Waals surface area contributed by atoms with Crippen LogP contribution in [-0.4, -0.2) is 40.7 Å². The first-order valence-corrected chi connectivity index (χ1v) is 11.2. The van der Waals surface area contributed by atoms with Crippen LogP contribution in [0.1, 0.15) is 43.9 Å². The normalized spacial score (nSPS) is 17.4. The third-order valence-corrected chi connectivity index (χ3v) is 5.98. The highest BCUT2D eigenvalue weighted by atomic mass is 32.2. The lowest BCUT2D eigenvalue weighted by molar-refractivity contribution is -0.138. The molecule has 2 N–H and O–H groups in total. The lowest BCUT2D eigenvalue weighted by Gasteiger charge is -2.19. The molecule has 1 fully saturated rings. The Kier molecular flexibility index (Phi) is 7.75. The highest BCUT2D eigenvalue weighted by Gasteiger charge is 2.32.